The van der Waals surface area contributed by atoms with E-state index in [0.717, 1.165) is 30.2 Å². The van der Waals surface area contributed by atoms with Gasteiger partial charge in [-0.2, -0.15) is 0 Å². The fourth-order valence-electron chi connectivity index (χ4n) is 1.88. The fraction of sp³-hybridized carbons (Fsp3) is 0.412. The molecule has 4 heteroatoms. The zero-order valence-electron chi connectivity index (χ0n) is 13.0. The maximum Gasteiger partial charge on any atom is 0.144 e. The zero-order valence-corrected chi connectivity index (χ0v) is 13.8. The highest BCUT2D eigenvalue weighted by atomic mass is 32.2. The average molecular weight is 301 g/mol. The van der Waals surface area contributed by atoms with E-state index in [4.69, 9.17) is 0 Å². The quantitative estimate of drug-likeness (QED) is 0.751. The topological polar surface area (TPSA) is 37.8 Å². The molecule has 2 aromatic rings. The van der Waals surface area contributed by atoms with Gasteiger partial charge in [0.05, 0.1) is 18.1 Å². The Morgan fingerprint density at radius 1 is 1.10 bits per heavy atom. The van der Waals surface area contributed by atoms with Gasteiger partial charge in [0.2, 0.25) is 0 Å². The maximum atomic E-state index is 4.45. The number of nitrogens with one attached hydrogen (secondary N) is 1. The SMILES string of the molecule is CCCNc1cnc(CSc2ccc(C(C)C)cc2)cn1. The lowest BCUT2D eigenvalue weighted by Crippen LogP contribution is -2.02. The van der Waals surface area contributed by atoms with Crippen LogP contribution in [0.25, 0.3) is 0 Å². The van der Waals surface area contributed by atoms with Crippen molar-refractivity contribution in [2.75, 3.05) is 11.9 Å². The molecule has 0 bridgehead atoms. The van der Waals surface area contributed by atoms with E-state index in [1.807, 2.05) is 12.4 Å². The van der Waals surface area contributed by atoms with Crippen LogP contribution in [0.2, 0.25) is 0 Å². The molecular formula is C17H23N3S. The summed E-state index contributed by atoms with van der Waals surface area (Å²) in [5.74, 6) is 2.28. The van der Waals surface area contributed by atoms with Gasteiger partial charge in [0.25, 0.3) is 0 Å². The van der Waals surface area contributed by atoms with Crippen molar-refractivity contribution in [1.29, 1.82) is 0 Å². The van der Waals surface area contributed by atoms with Crippen LogP contribution in [0.15, 0.2) is 41.6 Å². The Bertz CT molecular complexity index is 535. The predicted molar refractivity (Wildman–Crippen MR) is 90.9 cm³/mol. The van der Waals surface area contributed by atoms with Gasteiger partial charge in [0.15, 0.2) is 0 Å². The lowest BCUT2D eigenvalue weighted by atomic mass is 10.0. The Balaban J connectivity index is 1.87. The van der Waals surface area contributed by atoms with Crippen LogP contribution in [0.1, 0.15) is 44.4 Å². The van der Waals surface area contributed by atoms with E-state index >= 15 is 0 Å². The Kier molecular flexibility index (Phi) is 6.05. The molecule has 0 aliphatic rings. The van der Waals surface area contributed by atoms with Crippen molar-refractivity contribution in [2.24, 2.45) is 0 Å². The van der Waals surface area contributed by atoms with Gasteiger partial charge in [0.1, 0.15) is 5.82 Å². The molecule has 0 aliphatic carbocycles. The average Bonchev–Trinajstić information content (AvgIpc) is 2.52. The van der Waals surface area contributed by atoms with E-state index in [-0.39, 0.29) is 0 Å². The van der Waals surface area contributed by atoms with Crippen LogP contribution in [0.3, 0.4) is 0 Å². The first-order valence-electron chi connectivity index (χ1n) is 7.46. The first-order chi connectivity index (χ1) is 10.2. The molecule has 0 radical (unpaired) electrons. The molecule has 0 fully saturated rings. The van der Waals surface area contributed by atoms with Crippen LogP contribution in [-0.4, -0.2) is 16.5 Å². The molecule has 2 rings (SSSR count). The van der Waals surface area contributed by atoms with Gasteiger partial charge in [-0.1, -0.05) is 32.9 Å². The van der Waals surface area contributed by atoms with Crippen molar-refractivity contribution in [3.8, 4) is 0 Å². The Labute approximate surface area is 131 Å². The molecule has 0 atom stereocenters. The molecule has 1 aromatic carbocycles. The number of thioether (sulfide) groups is 1. The summed E-state index contributed by atoms with van der Waals surface area (Å²) in [7, 11) is 0. The second kappa shape index (κ2) is 8.03. The molecule has 112 valence electrons. The van der Waals surface area contributed by atoms with Crippen molar-refractivity contribution in [1.82, 2.24) is 9.97 Å². The third kappa shape index (κ3) is 5.05. The first-order valence-corrected chi connectivity index (χ1v) is 8.45. The highest BCUT2D eigenvalue weighted by Crippen LogP contribution is 2.24. The molecule has 3 nitrogen and oxygen atoms in total. The summed E-state index contributed by atoms with van der Waals surface area (Å²) in [6, 6.07) is 8.78. The summed E-state index contributed by atoms with van der Waals surface area (Å²) < 4.78 is 0. The molecule has 0 saturated heterocycles. The zero-order chi connectivity index (χ0) is 15.1. The summed E-state index contributed by atoms with van der Waals surface area (Å²) in [5, 5.41) is 3.23. The first kappa shape index (κ1) is 15.8. The Morgan fingerprint density at radius 2 is 1.86 bits per heavy atom. The van der Waals surface area contributed by atoms with Crippen LogP contribution >= 0.6 is 11.8 Å². The van der Waals surface area contributed by atoms with Crippen LogP contribution in [0.4, 0.5) is 5.82 Å². The van der Waals surface area contributed by atoms with E-state index in [0.29, 0.717) is 5.92 Å². The van der Waals surface area contributed by atoms with Crippen LogP contribution < -0.4 is 5.32 Å². The van der Waals surface area contributed by atoms with E-state index in [1.54, 1.807) is 11.8 Å². The van der Waals surface area contributed by atoms with Crippen molar-refractivity contribution < 1.29 is 0 Å². The van der Waals surface area contributed by atoms with Gasteiger partial charge in [-0.25, -0.2) is 4.98 Å². The number of benzene rings is 1. The minimum absolute atomic E-state index is 0.582. The number of nitrogens with zero attached hydrogens (tertiary/aromatic N) is 2. The number of anilines is 1. The molecule has 0 spiro atoms. The lowest BCUT2D eigenvalue weighted by Gasteiger charge is -2.07. The lowest BCUT2D eigenvalue weighted by molar-refractivity contribution is 0.865. The molecule has 1 heterocycles. The molecule has 0 unspecified atom stereocenters. The van der Waals surface area contributed by atoms with E-state index in [2.05, 4.69) is 60.3 Å². The van der Waals surface area contributed by atoms with Gasteiger partial charge >= 0.3 is 0 Å². The Morgan fingerprint density at radius 3 is 2.43 bits per heavy atom. The van der Waals surface area contributed by atoms with Crippen molar-refractivity contribution in [2.45, 2.75) is 43.8 Å². The van der Waals surface area contributed by atoms with Crippen LogP contribution in [-0.2, 0) is 5.75 Å². The standard InChI is InChI=1S/C17H23N3S/c1-4-9-18-17-11-19-15(10-20-17)12-21-16-7-5-14(6-8-16)13(2)3/h5-8,10-11,13H,4,9,12H2,1-3H3,(H,18,20). The molecule has 1 N–H and O–H groups in total. The third-order valence-electron chi connectivity index (χ3n) is 3.19. The highest BCUT2D eigenvalue weighted by Gasteiger charge is 2.02. The minimum Gasteiger partial charge on any atom is -0.369 e. The minimum atomic E-state index is 0.582. The van der Waals surface area contributed by atoms with E-state index in [9.17, 15) is 0 Å². The number of rotatable bonds is 7. The van der Waals surface area contributed by atoms with Gasteiger partial charge in [-0.15, -0.1) is 11.8 Å². The molecule has 1 aromatic heterocycles. The van der Waals surface area contributed by atoms with Crippen molar-refractivity contribution in [3.63, 3.8) is 0 Å². The fourth-order valence-corrected chi connectivity index (χ4v) is 2.67. The molecular weight excluding hydrogens is 278 g/mol. The van der Waals surface area contributed by atoms with E-state index < -0.39 is 0 Å². The molecule has 21 heavy (non-hydrogen) atoms. The van der Waals surface area contributed by atoms with Gasteiger partial charge in [0, 0.05) is 17.2 Å². The van der Waals surface area contributed by atoms with E-state index in [1.165, 1.54) is 10.5 Å². The largest absolute Gasteiger partial charge is 0.369 e. The van der Waals surface area contributed by atoms with Crippen LogP contribution in [0.5, 0.6) is 0 Å². The Hall–Kier alpha value is -1.55. The number of hydrogen-bond acceptors (Lipinski definition) is 4. The molecule has 0 saturated carbocycles. The summed E-state index contributed by atoms with van der Waals surface area (Å²) in [6.07, 6.45) is 4.76. The summed E-state index contributed by atoms with van der Waals surface area (Å²) in [6.45, 7) is 7.50. The second-order valence-electron chi connectivity index (χ2n) is 5.33. The summed E-state index contributed by atoms with van der Waals surface area (Å²) in [4.78, 5) is 10.1. The number of hydrogen-bond donors (Lipinski definition) is 1. The maximum absolute atomic E-state index is 4.45. The summed E-state index contributed by atoms with van der Waals surface area (Å²) >= 11 is 1.79. The second-order valence-corrected chi connectivity index (χ2v) is 6.38. The van der Waals surface area contributed by atoms with Gasteiger partial charge in [-0.05, 0) is 30.0 Å². The monoisotopic (exact) mass is 301 g/mol. The predicted octanol–water partition coefficient (Wildman–Crippen LogP) is 4.71. The van der Waals surface area contributed by atoms with Crippen molar-refractivity contribution in [3.05, 3.63) is 47.9 Å². The van der Waals surface area contributed by atoms with Crippen molar-refractivity contribution >= 4 is 17.6 Å². The summed E-state index contributed by atoms with van der Waals surface area (Å²) in [5.41, 5.74) is 2.39. The normalized spacial score (nSPS) is 10.9. The number of aromatic nitrogens is 2. The smallest absolute Gasteiger partial charge is 0.144 e. The van der Waals surface area contributed by atoms with Gasteiger partial charge in [-0.3, -0.25) is 4.98 Å². The van der Waals surface area contributed by atoms with Crippen LogP contribution in [0, 0.1) is 0 Å². The molecule has 0 amide bonds. The third-order valence-corrected chi connectivity index (χ3v) is 4.24. The molecule has 0 aliphatic heterocycles. The highest BCUT2D eigenvalue weighted by molar-refractivity contribution is 7.98. The van der Waals surface area contributed by atoms with Gasteiger partial charge < -0.3 is 5.32 Å².